The van der Waals surface area contributed by atoms with E-state index in [0.29, 0.717) is 12.8 Å². The van der Waals surface area contributed by atoms with E-state index in [2.05, 4.69) is 43.5 Å². The summed E-state index contributed by atoms with van der Waals surface area (Å²) in [5.41, 5.74) is 0. The zero-order valence-corrected chi connectivity index (χ0v) is 48.0. The Balaban J connectivity index is 1.75. The van der Waals surface area contributed by atoms with Gasteiger partial charge in [0.2, 0.25) is 5.91 Å². The smallest absolute Gasteiger partial charge is 0.220 e. The minimum absolute atomic E-state index is 0.249. The molecule has 12 unspecified atom stereocenters. The Morgan fingerprint density at radius 1 is 0.461 bits per heavy atom. The first-order chi connectivity index (χ1) is 37.1. The molecule has 2 fully saturated rings. The fourth-order valence-electron chi connectivity index (χ4n) is 10.3. The number of carbonyl (C=O) groups excluding carboxylic acids is 1. The average Bonchev–Trinajstić information content (AvgIpc) is 3.42. The number of carbonyl (C=O) groups is 1. The Bertz CT molecular complexity index is 1410. The van der Waals surface area contributed by atoms with E-state index in [9.17, 15) is 45.6 Å². The second kappa shape index (κ2) is 48.0. The highest BCUT2D eigenvalue weighted by atomic mass is 16.7. The van der Waals surface area contributed by atoms with Crippen molar-refractivity contribution < 1.29 is 64.6 Å². The van der Waals surface area contributed by atoms with Crippen molar-refractivity contribution in [3.05, 3.63) is 36.5 Å². The minimum Gasteiger partial charge on any atom is -0.394 e. The van der Waals surface area contributed by atoms with Crippen LogP contribution in [-0.2, 0) is 23.7 Å². The lowest BCUT2D eigenvalue weighted by atomic mass is 9.97. The number of aliphatic hydroxyl groups is 8. The molecule has 0 bridgehead atoms. The predicted molar refractivity (Wildman–Crippen MR) is 305 cm³/mol. The first kappa shape index (κ1) is 70.3. The van der Waals surface area contributed by atoms with E-state index in [4.69, 9.17) is 18.9 Å². The molecule has 2 saturated heterocycles. The van der Waals surface area contributed by atoms with Gasteiger partial charge < -0.3 is 65.1 Å². The Labute approximate surface area is 461 Å². The van der Waals surface area contributed by atoms with Crippen LogP contribution < -0.4 is 5.32 Å². The van der Waals surface area contributed by atoms with Crippen LogP contribution in [0.4, 0.5) is 0 Å². The molecule has 2 aliphatic rings. The van der Waals surface area contributed by atoms with Crippen LogP contribution in [0.5, 0.6) is 0 Å². The van der Waals surface area contributed by atoms with Crippen LogP contribution in [0.25, 0.3) is 0 Å². The summed E-state index contributed by atoms with van der Waals surface area (Å²) in [4.78, 5) is 13.3. The molecule has 0 spiro atoms. The van der Waals surface area contributed by atoms with Crippen LogP contribution in [0, 0.1) is 0 Å². The summed E-state index contributed by atoms with van der Waals surface area (Å²) in [6.07, 6.45) is 41.9. The maximum Gasteiger partial charge on any atom is 0.220 e. The van der Waals surface area contributed by atoms with E-state index in [1.54, 1.807) is 6.08 Å². The molecule has 0 aliphatic carbocycles. The van der Waals surface area contributed by atoms with Crippen molar-refractivity contribution in [1.29, 1.82) is 0 Å². The number of hydrogen-bond acceptors (Lipinski definition) is 13. The van der Waals surface area contributed by atoms with Crippen molar-refractivity contribution in [3.63, 3.8) is 0 Å². The van der Waals surface area contributed by atoms with Crippen molar-refractivity contribution in [1.82, 2.24) is 5.32 Å². The first-order valence-corrected chi connectivity index (χ1v) is 31.2. The lowest BCUT2D eigenvalue weighted by Gasteiger charge is -2.46. The number of amides is 1. The minimum atomic E-state index is -1.79. The van der Waals surface area contributed by atoms with Crippen LogP contribution in [0.15, 0.2) is 36.5 Å². The number of aliphatic hydroxyl groups excluding tert-OH is 8. The third kappa shape index (κ3) is 33.1. The number of allylic oxidation sites excluding steroid dienone is 5. The van der Waals surface area contributed by atoms with Crippen LogP contribution in [0.2, 0.25) is 0 Å². The molecule has 0 aromatic carbocycles. The summed E-state index contributed by atoms with van der Waals surface area (Å²) in [5.74, 6) is -0.249. The standard InChI is InChI=1S/C62H115NO13/c1-3-5-7-9-11-13-15-17-19-21-23-24-25-26-27-28-30-32-34-36-38-40-42-44-46-54(67)63-50(51(66)45-43-41-39-37-35-33-31-29-22-20-18-16-14-12-10-8-6-4-2)49-73-61-59(72)57(70)60(53(48-65)75-61)76-62-58(71)56(69)55(68)52(47-64)74-62/h22,29,35,37,43,45,50-53,55-62,64-66,68-72H,3-21,23-28,30-34,36,38-42,44,46-49H2,1-2H3,(H,63,67)/b29-22+,37-35+,45-43+. The van der Waals surface area contributed by atoms with E-state index in [1.165, 1.54) is 180 Å². The summed E-state index contributed by atoms with van der Waals surface area (Å²) in [6, 6.07) is -0.935. The molecule has 446 valence electrons. The molecule has 76 heavy (non-hydrogen) atoms. The first-order valence-electron chi connectivity index (χ1n) is 31.2. The molecule has 0 aromatic heterocycles. The zero-order valence-electron chi connectivity index (χ0n) is 48.0. The molecule has 2 aliphatic heterocycles. The normalized spacial score (nSPS) is 25.1. The van der Waals surface area contributed by atoms with E-state index in [1.807, 2.05) is 6.08 Å². The topological polar surface area (TPSA) is 228 Å². The van der Waals surface area contributed by atoms with Gasteiger partial charge in [0, 0.05) is 6.42 Å². The molecule has 9 N–H and O–H groups in total. The Morgan fingerprint density at radius 3 is 1.29 bits per heavy atom. The molecule has 2 heterocycles. The number of rotatable bonds is 50. The van der Waals surface area contributed by atoms with Gasteiger partial charge in [-0.05, 0) is 44.9 Å². The summed E-state index contributed by atoms with van der Waals surface area (Å²) >= 11 is 0. The highest BCUT2D eigenvalue weighted by Gasteiger charge is 2.51. The number of hydrogen-bond donors (Lipinski definition) is 9. The molecule has 0 radical (unpaired) electrons. The van der Waals surface area contributed by atoms with Crippen molar-refractivity contribution in [2.24, 2.45) is 0 Å². The molecular formula is C62H115NO13. The largest absolute Gasteiger partial charge is 0.394 e. The third-order valence-corrected chi connectivity index (χ3v) is 15.3. The summed E-state index contributed by atoms with van der Waals surface area (Å²) < 4.78 is 22.8. The van der Waals surface area contributed by atoms with Crippen molar-refractivity contribution in [2.75, 3.05) is 19.8 Å². The number of ether oxygens (including phenoxy) is 4. The van der Waals surface area contributed by atoms with Gasteiger partial charge in [0.15, 0.2) is 12.6 Å². The molecule has 1 amide bonds. The maximum absolute atomic E-state index is 13.3. The van der Waals surface area contributed by atoms with Crippen LogP contribution in [-0.4, -0.2) is 140 Å². The van der Waals surface area contributed by atoms with Crippen molar-refractivity contribution in [2.45, 2.75) is 331 Å². The zero-order chi connectivity index (χ0) is 55.3. The predicted octanol–water partition coefficient (Wildman–Crippen LogP) is 11.0. The van der Waals surface area contributed by atoms with Gasteiger partial charge in [0.1, 0.15) is 48.8 Å². The van der Waals surface area contributed by atoms with E-state index in [0.717, 1.165) is 44.9 Å². The lowest BCUT2D eigenvalue weighted by molar-refractivity contribution is -0.359. The summed E-state index contributed by atoms with van der Waals surface area (Å²) in [5, 5.41) is 87.1. The van der Waals surface area contributed by atoms with Crippen LogP contribution >= 0.6 is 0 Å². The van der Waals surface area contributed by atoms with Crippen LogP contribution in [0.3, 0.4) is 0 Å². The van der Waals surface area contributed by atoms with Crippen molar-refractivity contribution in [3.8, 4) is 0 Å². The quantitative estimate of drug-likeness (QED) is 0.0204. The molecule has 0 saturated carbocycles. The Morgan fingerprint density at radius 2 is 0.842 bits per heavy atom. The van der Waals surface area contributed by atoms with Crippen molar-refractivity contribution >= 4 is 5.91 Å². The second-order valence-electron chi connectivity index (χ2n) is 22.2. The van der Waals surface area contributed by atoms with E-state index < -0.39 is 86.8 Å². The molecule has 0 aromatic rings. The number of unbranched alkanes of at least 4 members (excludes halogenated alkanes) is 33. The number of nitrogens with one attached hydrogen (secondary N) is 1. The van der Waals surface area contributed by atoms with Gasteiger partial charge in [-0.1, -0.05) is 243 Å². The van der Waals surface area contributed by atoms with E-state index >= 15 is 0 Å². The fourth-order valence-corrected chi connectivity index (χ4v) is 10.3. The average molecular weight is 1080 g/mol. The Kier molecular flexibility index (Phi) is 44.4. The van der Waals surface area contributed by atoms with Gasteiger partial charge >= 0.3 is 0 Å². The Hall–Kier alpha value is -1.79. The maximum atomic E-state index is 13.3. The SMILES string of the molecule is CCCCCCCCCC/C=C/CC/C=C/CC/C=C/C(O)C(COC1OC(CO)C(OC2OC(CO)C(O)C(O)C2O)C(O)C1O)NC(=O)CCCCCCCCCCCCCCCCCCCCCCCCCC. The molecule has 14 nitrogen and oxygen atoms in total. The monoisotopic (exact) mass is 1080 g/mol. The molecule has 2 rings (SSSR count). The lowest BCUT2D eigenvalue weighted by Crippen LogP contribution is -2.65. The fraction of sp³-hybridized carbons (Fsp3) is 0.887. The van der Waals surface area contributed by atoms with Crippen LogP contribution in [0.1, 0.15) is 258 Å². The molecule has 12 atom stereocenters. The van der Waals surface area contributed by atoms with Gasteiger partial charge in [-0.15, -0.1) is 0 Å². The van der Waals surface area contributed by atoms with Gasteiger partial charge in [0.05, 0.1) is 32.0 Å². The van der Waals surface area contributed by atoms with Gasteiger partial charge in [-0.25, -0.2) is 0 Å². The highest BCUT2D eigenvalue weighted by molar-refractivity contribution is 5.76. The molecular weight excluding hydrogens is 967 g/mol. The highest BCUT2D eigenvalue weighted by Crippen LogP contribution is 2.30. The van der Waals surface area contributed by atoms with Gasteiger partial charge in [0.25, 0.3) is 0 Å². The van der Waals surface area contributed by atoms with Gasteiger partial charge in [-0.3, -0.25) is 4.79 Å². The summed E-state index contributed by atoms with van der Waals surface area (Å²) in [7, 11) is 0. The second-order valence-corrected chi connectivity index (χ2v) is 22.2. The van der Waals surface area contributed by atoms with E-state index in [-0.39, 0.29) is 18.9 Å². The van der Waals surface area contributed by atoms with Gasteiger partial charge in [-0.2, -0.15) is 0 Å². The molecule has 14 heteroatoms. The third-order valence-electron chi connectivity index (χ3n) is 15.3. The summed E-state index contributed by atoms with van der Waals surface area (Å²) in [6.45, 7) is 2.79.